The summed E-state index contributed by atoms with van der Waals surface area (Å²) in [6, 6.07) is 9.23. The highest BCUT2D eigenvalue weighted by molar-refractivity contribution is 7.92. The number of sulfonamides is 1. The van der Waals surface area contributed by atoms with Gasteiger partial charge in [-0.2, -0.15) is 0 Å². The molecule has 0 spiro atoms. The summed E-state index contributed by atoms with van der Waals surface area (Å²) in [5.41, 5.74) is 3.76. The summed E-state index contributed by atoms with van der Waals surface area (Å²) >= 11 is 0. The molecule has 2 aromatic carbocycles. The predicted octanol–water partition coefficient (Wildman–Crippen LogP) is 3.80. The van der Waals surface area contributed by atoms with Gasteiger partial charge in [-0.25, -0.2) is 12.8 Å². The van der Waals surface area contributed by atoms with Crippen molar-refractivity contribution in [2.75, 3.05) is 17.6 Å². The fourth-order valence-corrected chi connectivity index (χ4v) is 4.67. The summed E-state index contributed by atoms with van der Waals surface area (Å²) in [6.07, 6.45) is 2.77. The van der Waals surface area contributed by atoms with Crippen LogP contribution in [0.4, 0.5) is 10.1 Å². The van der Waals surface area contributed by atoms with E-state index in [-0.39, 0.29) is 17.8 Å². The molecule has 4 rings (SSSR count). The maximum atomic E-state index is 13.4. The molecular weight excluding hydrogens is 405 g/mol. The van der Waals surface area contributed by atoms with Crippen LogP contribution in [0.15, 0.2) is 42.6 Å². The van der Waals surface area contributed by atoms with E-state index < -0.39 is 10.0 Å². The molecule has 0 saturated carbocycles. The minimum atomic E-state index is -3.57. The average molecular weight is 428 g/mol. The minimum Gasteiger partial charge on any atom is -0.327 e. The SMILES string of the molecule is Cc1c2c(c(N(C)S(C)(=O)=O)c3cccnc13)C(C)N(Cc1ccc(F)cc1)C2=O. The Hall–Kier alpha value is -3.00. The Balaban J connectivity index is 1.94. The average Bonchev–Trinajstić information content (AvgIpc) is 2.94. The Morgan fingerprint density at radius 2 is 1.87 bits per heavy atom. The van der Waals surface area contributed by atoms with Crippen LogP contribution in [0.1, 0.15) is 40.0 Å². The van der Waals surface area contributed by atoms with Crippen molar-refractivity contribution in [3.63, 3.8) is 0 Å². The monoisotopic (exact) mass is 427 g/mol. The molecule has 1 aromatic heterocycles. The number of hydrogen-bond donors (Lipinski definition) is 0. The van der Waals surface area contributed by atoms with Crippen LogP contribution < -0.4 is 4.31 Å². The van der Waals surface area contributed by atoms with Gasteiger partial charge >= 0.3 is 0 Å². The molecule has 0 N–H and O–H groups in total. The van der Waals surface area contributed by atoms with Gasteiger partial charge in [-0.1, -0.05) is 12.1 Å². The third-order valence-electron chi connectivity index (χ3n) is 5.76. The minimum absolute atomic E-state index is 0.185. The first kappa shape index (κ1) is 20.3. The van der Waals surface area contributed by atoms with E-state index >= 15 is 0 Å². The van der Waals surface area contributed by atoms with Gasteiger partial charge in [0.2, 0.25) is 10.0 Å². The third-order valence-corrected chi connectivity index (χ3v) is 6.93. The molecule has 1 aliphatic rings. The zero-order chi connectivity index (χ0) is 21.8. The van der Waals surface area contributed by atoms with E-state index in [1.54, 1.807) is 29.3 Å². The molecule has 3 aromatic rings. The second-order valence-electron chi connectivity index (χ2n) is 7.63. The van der Waals surface area contributed by atoms with Crippen LogP contribution in [0.2, 0.25) is 0 Å². The van der Waals surface area contributed by atoms with E-state index in [1.165, 1.54) is 23.5 Å². The fraction of sp³-hybridized carbons (Fsp3) is 0.273. The van der Waals surface area contributed by atoms with E-state index in [1.807, 2.05) is 19.9 Å². The molecule has 1 amide bonds. The highest BCUT2D eigenvalue weighted by atomic mass is 32.2. The number of halogens is 1. The number of hydrogen-bond acceptors (Lipinski definition) is 4. The van der Waals surface area contributed by atoms with Crippen LogP contribution in [0.5, 0.6) is 0 Å². The topological polar surface area (TPSA) is 70.6 Å². The number of aromatic nitrogens is 1. The number of aryl methyl sites for hydroxylation is 1. The van der Waals surface area contributed by atoms with Crippen LogP contribution in [0.3, 0.4) is 0 Å². The first-order valence-corrected chi connectivity index (χ1v) is 11.4. The van der Waals surface area contributed by atoms with Crippen LogP contribution in [-0.2, 0) is 16.6 Å². The Bertz CT molecular complexity index is 1270. The second kappa shape index (κ2) is 7.05. The van der Waals surface area contributed by atoms with Gasteiger partial charge < -0.3 is 4.90 Å². The highest BCUT2D eigenvalue weighted by Gasteiger charge is 2.40. The predicted molar refractivity (Wildman–Crippen MR) is 114 cm³/mol. The first-order chi connectivity index (χ1) is 14.1. The first-order valence-electron chi connectivity index (χ1n) is 9.51. The van der Waals surface area contributed by atoms with Gasteiger partial charge in [-0.15, -0.1) is 0 Å². The molecule has 0 bridgehead atoms. The van der Waals surface area contributed by atoms with Gasteiger partial charge in [-0.3, -0.25) is 14.1 Å². The lowest BCUT2D eigenvalue weighted by atomic mass is 9.94. The summed E-state index contributed by atoms with van der Waals surface area (Å²) in [5, 5.41) is 0.685. The van der Waals surface area contributed by atoms with Crippen LogP contribution in [-0.4, -0.2) is 37.5 Å². The second-order valence-corrected chi connectivity index (χ2v) is 9.64. The van der Waals surface area contributed by atoms with Crippen molar-refractivity contribution < 1.29 is 17.6 Å². The Morgan fingerprint density at radius 3 is 2.50 bits per heavy atom. The Labute approximate surface area is 175 Å². The molecule has 0 fully saturated rings. The van der Waals surface area contributed by atoms with Crippen molar-refractivity contribution in [3.8, 4) is 0 Å². The van der Waals surface area contributed by atoms with E-state index in [0.717, 1.165) is 17.4 Å². The van der Waals surface area contributed by atoms with E-state index in [4.69, 9.17) is 0 Å². The van der Waals surface area contributed by atoms with Crippen molar-refractivity contribution in [1.82, 2.24) is 9.88 Å². The zero-order valence-electron chi connectivity index (χ0n) is 17.2. The number of fused-ring (bicyclic) bond motifs is 2. The van der Waals surface area contributed by atoms with Gasteiger partial charge in [0.1, 0.15) is 5.82 Å². The number of benzene rings is 2. The lowest BCUT2D eigenvalue weighted by Gasteiger charge is -2.26. The number of carbonyl (C=O) groups excluding carboxylic acids is 1. The quantitative estimate of drug-likeness (QED) is 0.635. The normalized spacial score (nSPS) is 16.2. The standard InChI is InChI=1S/C22H22FN3O3S/c1-13-18-19(14(2)26(22(18)27)12-15-7-9-16(23)10-8-15)21(25(3)30(4,28)29)17-6-5-11-24-20(13)17/h5-11,14H,12H2,1-4H3. The smallest absolute Gasteiger partial charge is 0.255 e. The number of amides is 1. The van der Waals surface area contributed by atoms with Crippen molar-refractivity contribution in [3.05, 3.63) is 70.7 Å². The van der Waals surface area contributed by atoms with Crippen LogP contribution in [0.25, 0.3) is 10.9 Å². The number of nitrogens with zero attached hydrogens (tertiary/aromatic N) is 3. The molecule has 156 valence electrons. The fourth-order valence-electron chi connectivity index (χ4n) is 4.14. The molecule has 1 aliphatic heterocycles. The van der Waals surface area contributed by atoms with Gasteiger partial charge in [0, 0.05) is 30.7 Å². The van der Waals surface area contributed by atoms with E-state index in [0.29, 0.717) is 34.3 Å². The number of anilines is 1. The van der Waals surface area contributed by atoms with Crippen molar-refractivity contribution in [2.24, 2.45) is 0 Å². The molecule has 0 saturated heterocycles. The van der Waals surface area contributed by atoms with Gasteiger partial charge in [0.15, 0.2) is 0 Å². The molecule has 2 heterocycles. The number of rotatable bonds is 4. The number of carbonyl (C=O) groups is 1. The number of pyridine rings is 1. The summed E-state index contributed by atoms with van der Waals surface area (Å²) in [7, 11) is -2.08. The van der Waals surface area contributed by atoms with Gasteiger partial charge in [-0.05, 0) is 49.2 Å². The van der Waals surface area contributed by atoms with Gasteiger partial charge in [0.05, 0.1) is 29.1 Å². The van der Waals surface area contributed by atoms with Crippen LogP contribution in [0, 0.1) is 12.7 Å². The zero-order valence-corrected chi connectivity index (χ0v) is 18.0. The van der Waals surface area contributed by atoms with Gasteiger partial charge in [0.25, 0.3) is 5.91 Å². The third kappa shape index (κ3) is 3.11. The molecule has 0 aliphatic carbocycles. The molecule has 30 heavy (non-hydrogen) atoms. The summed E-state index contributed by atoms with van der Waals surface area (Å²) in [5.74, 6) is -0.525. The summed E-state index contributed by atoms with van der Waals surface area (Å²) in [6.45, 7) is 4.01. The highest BCUT2D eigenvalue weighted by Crippen LogP contribution is 2.46. The molecule has 0 radical (unpaired) electrons. The molecular formula is C22H22FN3O3S. The lowest BCUT2D eigenvalue weighted by Crippen LogP contribution is -2.28. The molecule has 8 heteroatoms. The lowest BCUT2D eigenvalue weighted by molar-refractivity contribution is 0.0722. The van der Waals surface area contributed by atoms with E-state index in [2.05, 4.69) is 4.98 Å². The molecule has 6 nitrogen and oxygen atoms in total. The Morgan fingerprint density at radius 1 is 1.20 bits per heavy atom. The maximum Gasteiger partial charge on any atom is 0.255 e. The summed E-state index contributed by atoms with van der Waals surface area (Å²) < 4.78 is 39.4. The van der Waals surface area contributed by atoms with Crippen LogP contribution >= 0.6 is 0 Å². The maximum absolute atomic E-state index is 13.4. The van der Waals surface area contributed by atoms with Crippen molar-refractivity contribution >= 4 is 32.5 Å². The Kier molecular flexibility index (Phi) is 4.77. The molecule has 1 unspecified atom stereocenters. The van der Waals surface area contributed by atoms with Crippen molar-refractivity contribution in [1.29, 1.82) is 0 Å². The van der Waals surface area contributed by atoms with Crippen molar-refractivity contribution in [2.45, 2.75) is 26.4 Å². The summed E-state index contributed by atoms with van der Waals surface area (Å²) in [4.78, 5) is 19.5. The van der Waals surface area contributed by atoms with E-state index in [9.17, 15) is 17.6 Å². The largest absolute Gasteiger partial charge is 0.327 e. The molecule has 1 atom stereocenters.